The summed E-state index contributed by atoms with van der Waals surface area (Å²) in [5, 5.41) is 9.20. The molecule has 0 aliphatic rings. The first-order valence-corrected chi connectivity index (χ1v) is 6.95. The summed E-state index contributed by atoms with van der Waals surface area (Å²) in [6, 6.07) is 6.19. The van der Waals surface area contributed by atoms with Crippen LogP contribution in [0.1, 0.15) is 24.0 Å². The van der Waals surface area contributed by atoms with Crippen LogP contribution in [0, 0.1) is 18.3 Å². The maximum absolute atomic E-state index is 8.44. The Balaban J connectivity index is 2.74. The van der Waals surface area contributed by atoms with E-state index in [9.17, 15) is 0 Å². The third-order valence-corrected chi connectivity index (χ3v) is 3.20. The Kier molecular flexibility index (Phi) is 5.86. The van der Waals surface area contributed by atoms with Gasteiger partial charge in [0.05, 0.1) is 12.7 Å². The van der Waals surface area contributed by atoms with Gasteiger partial charge in [0.15, 0.2) is 0 Å². The molecular weight excluding hydrogens is 334 g/mol. The molecule has 0 aromatic heterocycles. The van der Waals surface area contributed by atoms with Crippen LogP contribution in [0.3, 0.4) is 0 Å². The maximum atomic E-state index is 8.44. The molecular formula is C12H13Br2NO. The molecule has 0 heterocycles. The largest absolute Gasteiger partial charge is 0.493 e. The lowest BCUT2D eigenvalue weighted by atomic mass is 10.1. The van der Waals surface area contributed by atoms with Crippen LogP contribution in [0.5, 0.6) is 5.75 Å². The summed E-state index contributed by atoms with van der Waals surface area (Å²) < 4.78 is 6.77. The van der Waals surface area contributed by atoms with Crippen LogP contribution in [0.15, 0.2) is 16.6 Å². The lowest BCUT2D eigenvalue weighted by Crippen LogP contribution is -2.01. The van der Waals surface area contributed by atoms with Gasteiger partial charge < -0.3 is 4.74 Å². The number of benzene rings is 1. The van der Waals surface area contributed by atoms with E-state index in [0.717, 1.165) is 33.1 Å². The molecule has 0 unspecified atom stereocenters. The van der Waals surface area contributed by atoms with Gasteiger partial charge in [0.25, 0.3) is 0 Å². The molecule has 1 aromatic rings. The quantitative estimate of drug-likeness (QED) is 0.587. The molecule has 0 bridgehead atoms. The minimum Gasteiger partial charge on any atom is -0.493 e. The van der Waals surface area contributed by atoms with Crippen LogP contribution in [0.25, 0.3) is 0 Å². The summed E-state index contributed by atoms with van der Waals surface area (Å²) in [6.45, 7) is 2.62. The molecule has 0 saturated carbocycles. The molecule has 0 aliphatic carbocycles. The van der Waals surface area contributed by atoms with E-state index in [-0.39, 0.29) is 0 Å². The number of rotatable bonds is 5. The average Bonchev–Trinajstić information content (AvgIpc) is 2.26. The number of halogens is 2. The lowest BCUT2D eigenvalue weighted by Gasteiger charge is -2.13. The fourth-order valence-corrected chi connectivity index (χ4v) is 2.47. The highest BCUT2D eigenvalue weighted by Gasteiger charge is 2.07. The van der Waals surface area contributed by atoms with Gasteiger partial charge in [-0.2, -0.15) is 5.26 Å². The summed E-state index contributed by atoms with van der Waals surface area (Å²) in [4.78, 5) is 0. The number of hydrogen-bond donors (Lipinski definition) is 0. The molecule has 4 heteroatoms. The fraction of sp³-hybridized carbons (Fsp3) is 0.417. The van der Waals surface area contributed by atoms with Crippen molar-refractivity contribution in [2.24, 2.45) is 0 Å². The SMILES string of the molecule is Cc1cc(Br)cc(CBr)c1OCCCC#N. The Morgan fingerprint density at radius 2 is 2.19 bits per heavy atom. The molecule has 16 heavy (non-hydrogen) atoms. The molecule has 0 spiro atoms. The first-order valence-electron chi connectivity index (χ1n) is 5.03. The Morgan fingerprint density at radius 1 is 1.44 bits per heavy atom. The molecule has 1 rings (SSSR count). The highest BCUT2D eigenvalue weighted by atomic mass is 79.9. The van der Waals surface area contributed by atoms with Crippen molar-refractivity contribution in [1.82, 2.24) is 0 Å². The molecule has 0 radical (unpaired) electrons. The van der Waals surface area contributed by atoms with E-state index in [1.165, 1.54) is 0 Å². The van der Waals surface area contributed by atoms with E-state index < -0.39 is 0 Å². The number of unbranched alkanes of at least 4 members (excludes halogenated alkanes) is 1. The standard InChI is InChI=1S/C12H13Br2NO/c1-9-6-11(14)7-10(8-13)12(9)16-5-3-2-4-15/h6-7H,2-3,5,8H2,1H3. The van der Waals surface area contributed by atoms with Gasteiger partial charge in [0.1, 0.15) is 5.75 Å². The van der Waals surface area contributed by atoms with Gasteiger partial charge in [-0.15, -0.1) is 0 Å². The van der Waals surface area contributed by atoms with Crippen molar-refractivity contribution in [3.8, 4) is 11.8 Å². The Labute approximate surface area is 113 Å². The van der Waals surface area contributed by atoms with Crippen molar-refractivity contribution in [1.29, 1.82) is 5.26 Å². The highest BCUT2D eigenvalue weighted by Crippen LogP contribution is 2.29. The van der Waals surface area contributed by atoms with Gasteiger partial charge in [-0.25, -0.2) is 0 Å². The number of aryl methyl sites for hydroxylation is 1. The monoisotopic (exact) mass is 345 g/mol. The molecule has 86 valence electrons. The predicted octanol–water partition coefficient (Wildman–Crippen LogP) is 4.34. The second-order valence-electron chi connectivity index (χ2n) is 3.45. The van der Waals surface area contributed by atoms with Crippen LogP contribution in [-0.4, -0.2) is 6.61 Å². The van der Waals surface area contributed by atoms with E-state index in [1.807, 2.05) is 19.1 Å². The highest BCUT2D eigenvalue weighted by molar-refractivity contribution is 9.10. The zero-order chi connectivity index (χ0) is 12.0. The van der Waals surface area contributed by atoms with Crippen LogP contribution in [-0.2, 0) is 5.33 Å². The number of nitriles is 1. The molecule has 0 fully saturated rings. The number of alkyl halides is 1. The van der Waals surface area contributed by atoms with Crippen molar-refractivity contribution in [3.63, 3.8) is 0 Å². The van der Waals surface area contributed by atoms with Gasteiger partial charge in [-0.05, 0) is 31.0 Å². The van der Waals surface area contributed by atoms with Crippen LogP contribution >= 0.6 is 31.9 Å². The van der Waals surface area contributed by atoms with Gasteiger partial charge in [0.2, 0.25) is 0 Å². The first kappa shape index (κ1) is 13.5. The molecule has 0 aliphatic heterocycles. The third kappa shape index (κ3) is 3.80. The fourth-order valence-electron chi connectivity index (χ4n) is 1.43. The molecule has 0 N–H and O–H groups in total. The van der Waals surface area contributed by atoms with Gasteiger partial charge in [-0.3, -0.25) is 0 Å². The maximum Gasteiger partial charge on any atom is 0.126 e. The summed E-state index contributed by atoms with van der Waals surface area (Å²) in [5.41, 5.74) is 2.24. The van der Waals surface area contributed by atoms with Crippen LogP contribution in [0.4, 0.5) is 0 Å². The molecule has 0 amide bonds. The summed E-state index contributed by atoms with van der Waals surface area (Å²) in [6.07, 6.45) is 1.31. The van der Waals surface area contributed by atoms with Crippen LogP contribution < -0.4 is 4.74 Å². The van der Waals surface area contributed by atoms with Gasteiger partial charge in [-0.1, -0.05) is 31.9 Å². The van der Waals surface area contributed by atoms with Gasteiger partial charge >= 0.3 is 0 Å². The molecule has 0 saturated heterocycles. The lowest BCUT2D eigenvalue weighted by molar-refractivity contribution is 0.308. The number of nitrogens with zero attached hydrogens (tertiary/aromatic N) is 1. The molecule has 1 aromatic carbocycles. The van der Waals surface area contributed by atoms with Crippen molar-refractivity contribution in [3.05, 3.63) is 27.7 Å². The van der Waals surface area contributed by atoms with Crippen LogP contribution in [0.2, 0.25) is 0 Å². The normalized spacial score (nSPS) is 9.88. The first-order chi connectivity index (χ1) is 7.69. The Bertz CT molecular complexity index is 399. The summed E-state index contributed by atoms with van der Waals surface area (Å²) in [5.74, 6) is 0.929. The van der Waals surface area contributed by atoms with Crippen molar-refractivity contribution < 1.29 is 4.74 Å². The number of hydrogen-bond acceptors (Lipinski definition) is 2. The Hall–Kier alpha value is -0.530. The van der Waals surface area contributed by atoms with Gasteiger partial charge in [0, 0.05) is 21.8 Å². The summed E-state index contributed by atoms with van der Waals surface area (Å²) in [7, 11) is 0. The zero-order valence-electron chi connectivity index (χ0n) is 9.09. The average molecular weight is 347 g/mol. The summed E-state index contributed by atoms with van der Waals surface area (Å²) >= 11 is 6.91. The van der Waals surface area contributed by atoms with Crippen molar-refractivity contribution >= 4 is 31.9 Å². The van der Waals surface area contributed by atoms with E-state index in [0.29, 0.717) is 13.0 Å². The minimum atomic E-state index is 0.541. The van der Waals surface area contributed by atoms with E-state index in [2.05, 4.69) is 37.9 Å². The minimum absolute atomic E-state index is 0.541. The van der Waals surface area contributed by atoms with Crippen molar-refractivity contribution in [2.45, 2.75) is 25.1 Å². The van der Waals surface area contributed by atoms with E-state index in [1.54, 1.807) is 0 Å². The topological polar surface area (TPSA) is 33.0 Å². The number of ether oxygens (including phenoxy) is 1. The second kappa shape index (κ2) is 6.93. The smallest absolute Gasteiger partial charge is 0.126 e. The van der Waals surface area contributed by atoms with E-state index >= 15 is 0 Å². The molecule has 0 atom stereocenters. The van der Waals surface area contributed by atoms with Crippen molar-refractivity contribution in [2.75, 3.05) is 6.61 Å². The second-order valence-corrected chi connectivity index (χ2v) is 4.93. The van der Waals surface area contributed by atoms with E-state index in [4.69, 9.17) is 10.00 Å². The third-order valence-electron chi connectivity index (χ3n) is 2.14. The predicted molar refractivity (Wildman–Crippen MR) is 71.9 cm³/mol. The Morgan fingerprint density at radius 3 is 2.81 bits per heavy atom. The molecule has 2 nitrogen and oxygen atoms in total. The zero-order valence-corrected chi connectivity index (χ0v) is 12.3.